The van der Waals surface area contributed by atoms with Crippen LogP contribution in [0, 0.1) is 5.82 Å². The summed E-state index contributed by atoms with van der Waals surface area (Å²) >= 11 is 0. The van der Waals surface area contributed by atoms with E-state index in [0.29, 0.717) is 10.8 Å². The summed E-state index contributed by atoms with van der Waals surface area (Å²) in [5.74, 6) is -1.40. The Hall–Kier alpha value is -1.14. The maximum atomic E-state index is 13.4. The van der Waals surface area contributed by atoms with Crippen LogP contribution in [0.3, 0.4) is 0 Å². The van der Waals surface area contributed by atoms with Gasteiger partial charge in [-0.2, -0.15) is 17.3 Å². The standard InChI is InChI=1S/2C12H27N.C9H12FN2O14P3/c2*1-4-7-10-13(11-8-5-2)12-9-6-3;10-3-1-12(9(16)11-7(3)15)8-6(14)5(13)4(23-8)2-22-29(21)25-27(17,18)24-28(19,20)26-29/h2*4-12H2,1-3H3;1,4-6,8,13-14H,2H2,(H,17,18)(H,19,20)(H,11,15,16)/t;;4-,5-,6-,8-/m..1/s1. The minimum absolute atomic E-state index is 0.405. The van der Waals surface area contributed by atoms with E-state index in [1.807, 2.05) is 0 Å². The molecule has 2 unspecified atom stereocenters. The van der Waals surface area contributed by atoms with Gasteiger partial charge in [-0.1, -0.05) is 80.1 Å². The van der Waals surface area contributed by atoms with Gasteiger partial charge in [-0.3, -0.25) is 18.9 Å². The summed E-state index contributed by atoms with van der Waals surface area (Å²) in [6.45, 7) is 20.5. The number of aliphatic hydroxyl groups excluding tert-OH is 2. The average Bonchev–Trinajstić information content (AvgIpc) is 3.39. The van der Waals surface area contributed by atoms with Crippen LogP contribution in [0.1, 0.15) is 125 Å². The first kappa shape index (κ1) is 51.9. The summed E-state index contributed by atoms with van der Waals surface area (Å²) in [7, 11) is -15.8. The molecule has 22 heteroatoms. The quantitative estimate of drug-likeness (QED) is 0.0833. The van der Waals surface area contributed by atoms with Crippen molar-refractivity contribution in [3.05, 3.63) is 32.9 Å². The first-order valence-electron chi connectivity index (χ1n) is 19.4. The number of unbranched alkanes of at least 4 members (excludes halogenated alkanes) is 6. The monoisotopic (exact) mass is 854 g/mol. The Morgan fingerprint density at radius 3 is 1.45 bits per heavy atom. The molecule has 5 N–H and O–H groups in total. The maximum Gasteiger partial charge on any atom is 0.492 e. The van der Waals surface area contributed by atoms with Crippen LogP contribution in [-0.2, 0) is 35.9 Å². The van der Waals surface area contributed by atoms with Gasteiger partial charge < -0.3 is 34.5 Å². The number of hydrogen-bond donors (Lipinski definition) is 5. The fourth-order valence-electron chi connectivity index (χ4n) is 5.35. The summed E-state index contributed by atoms with van der Waals surface area (Å²) in [5.41, 5.74) is -2.53. The third kappa shape index (κ3) is 19.9. The number of aromatic nitrogens is 2. The third-order valence-electron chi connectivity index (χ3n) is 8.51. The van der Waals surface area contributed by atoms with Gasteiger partial charge in [0.15, 0.2) is 6.23 Å². The molecule has 55 heavy (non-hydrogen) atoms. The zero-order chi connectivity index (χ0) is 41.7. The van der Waals surface area contributed by atoms with E-state index in [1.165, 1.54) is 116 Å². The van der Waals surface area contributed by atoms with E-state index in [9.17, 15) is 37.9 Å². The van der Waals surface area contributed by atoms with Crippen LogP contribution in [0.4, 0.5) is 4.39 Å². The molecule has 6 atom stereocenters. The molecule has 0 saturated carbocycles. The predicted molar refractivity (Wildman–Crippen MR) is 206 cm³/mol. The van der Waals surface area contributed by atoms with Crippen molar-refractivity contribution < 1.29 is 60.3 Å². The minimum Gasteiger partial charge on any atom is -0.387 e. The van der Waals surface area contributed by atoms with Crippen molar-refractivity contribution in [2.24, 2.45) is 0 Å². The van der Waals surface area contributed by atoms with E-state index in [1.54, 1.807) is 4.98 Å². The molecule has 18 nitrogen and oxygen atoms in total. The molecule has 3 heterocycles. The van der Waals surface area contributed by atoms with Gasteiger partial charge in [0, 0.05) is 0 Å². The molecule has 0 radical (unpaired) electrons. The molecule has 1 aromatic rings. The van der Waals surface area contributed by atoms with Gasteiger partial charge in [0.05, 0.1) is 12.8 Å². The molecule has 2 aliphatic rings. The molecule has 2 aliphatic heterocycles. The number of ether oxygens (including phenoxy) is 1. The van der Waals surface area contributed by atoms with Crippen molar-refractivity contribution in [3.8, 4) is 0 Å². The van der Waals surface area contributed by atoms with Gasteiger partial charge >= 0.3 is 29.2 Å². The van der Waals surface area contributed by atoms with Crippen LogP contribution in [0.25, 0.3) is 0 Å². The van der Waals surface area contributed by atoms with Gasteiger partial charge in [-0.15, -0.1) is 0 Å². The van der Waals surface area contributed by atoms with Gasteiger partial charge in [-0.05, 0) is 77.8 Å². The van der Waals surface area contributed by atoms with Gasteiger partial charge in [0.25, 0.3) is 5.56 Å². The first-order valence-corrected chi connectivity index (χ1v) is 23.9. The fraction of sp³-hybridized carbons (Fsp3) is 0.879. The molecule has 0 aliphatic carbocycles. The summed E-state index contributed by atoms with van der Waals surface area (Å²) in [4.78, 5) is 47.9. The Kier molecular flexibility index (Phi) is 25.3. The smallest absolute Gasteiger partial charge is 0.387 e. The van der Waals surface area contributed by atoms with Crippen LogP contribution in [0.2, 0.25) is 0 Å². The number of aliphatic hydroxyl groups is 2. The number of hydrogen-bond acceptors (Lipinski definition) is 14. The molecule has 2 saturated heterocycles. The normalized spacial score (nSPS) is 27.8. The van der Waals surface area contributed by atoms with E-state index in [0.717, 1.165) is 0 Å². The Labute approximate surface area is 324 Å². The number of nitrogens with one attached hydrogen (secondary N) is 1. The highest BCUT2D eigenvalue weighted by atomic mass is 31.3. The number of nitrogens with zero attached hydrogens (tertiary/aromatic N) is 3. The SMILES string of the molecule is CCCCN(CCCC)CCCC.CCCCN(CCCC)CCCC.O=c1[nH]c(=O)n([C@@H]2O[C@H](COP3(=O)OP(=O)(O)OP(=O)(O)O3)[C@@H](O)[C@H]2O)cc1F. The van der Waals surface area contributed by atoms with Crippen LogP contribution < -0.4 is 11.2 Å². The van der Waals surface area contributed by atoms with E-state index in [-0.39, 0.29) is 0 Å². The lowest BCUT2D eigenvalue weighted by atomic mass is 10.1. The molecule has 0 bridgehead atoms. The summed E-state index contributed by atoms with van der Waals surface area (Å²) < 4.78 is 70.0. The second-order valence-electron chi connectivity index (χ2n) is 13.4. The molecule has 0 aromatic carbocycles. The Morgan fingerprint density at radius 2 is 1.09 bits per heavy atom. The molecule has 2 fully saturated rings. The Morgan fingerprint density at radius 1 is 0.709 bits per heavy atom. The topological polar surface area (TPSA) is 240 Å². The van der Waals surface area contributed by atoms with Crippen molar-refractivity contribution in [3.63, 3.8) is 0 Å². The third-order valence-corrected chi connectivity index (χ3v) is 13.9. The molecule has 324 valence electrons. The number of H-pyrrole nitrogens is 1. The molecular formula is C33H66FN4O14P3. The number of halogens is 1. The molecule has 0 spiro atoms. The average molecular weight is 855 g/mol. The Bertz CT molecular complexity index is 1400. The maximum absolute atomic E-state index is 13.4. The van der Waals surface area contributed by atoms with Crippen molar-refractivity contribution in [2.75, 3.05) is 45.9 Å². The van der Waals surface area contributed by atoms with E-state index in [4.69, 9.17) is 14.5 Å². The van der Waals surface area contributed by atoms with Gasteiger partial charge in [0.2, 0.25) is 5.82 Å². The van der Waals surface area contributed by atoms with Crippen molar-refractivity contribution >= 4 is 23.5 Å². The fourth-order valence-corrected chi connectivity index (χ4v) is 10.3. The molecular weight excluding hydrogens is 788 g/mol. The van der Waals surface area contributed by atoms with Crippen LogP contribution in [0.15, 0.2) is 15.8 Å². The minimum atomic E-state index is -5.29. The number of phosphoric acid groups is 3. The van der Waals surface area contributed by atoms with E-state index < -0.39 is 71.7 Å². The molecule has 3 rings (SSSR count). The zero-order valence-electron chi connectivity index (χ0n) is 33.3. The zero-order valence-corrected chi connectivity index (χ0v) is 35.9. The highest BCUT2D eigenvalue weighted by molar-refractivity contribution is 7.74. The van der Waals surface area contributed by atoms with E-state index in [2.05, 4.69) is 68.8 Å². The summed E-state index contributed by atoms with van der Waals surface area (Å²) in [6.07, 6.45) is 9.51. The number of rotatable bonds is 22. The van der Waals surface area contributed by atoms with Gasteiger partial charge in [-0.25, -0.2) is 18.5 Å². The summed E-state index contributed by atoms with van der Waals surface area (Å²) in [5, 5.41) is 20.0. The highest BCUT2D eigenvalue weighted by Gasteiger charge is 2.55. The lowest BCUT2D eigenvalue weighted by Gasteiger charge is -2.27. The Balaban J connectivity index is 0.000000485. The largest absolute Gasteiger partial charge is 0.492 e. The summed E-state index contributed by atoms with van der Waals surface area (Å²) in [6, 6.07) is 0. The highest BCUT2D eigenvalue weighted by Crippen LogP contribution is 2.80. The van der Waals surface area contributed by atoms with Crippen molar-refractivity contribution in [1.82, 2.24) is 19.4 Å². The van der Waals surface area contributed by atoms with Crippen molar-refractivity contribution in [1.29, 1.82) is 0 Å². The van der Waals surface area contributed by atoms with Crippen LogP contribution in [0.5, 0.6) is 0 Å². The van der Waals surface area contributed by atoms with Crippen LogP contribution >= 0.6 is 23.5 Å². The first-order chi connectivity index (χ1) is 25.9. The van der Waals surface area contributed by atoms with Crippen LogP contribution in [-0.4, -0.2) is 104 Å². The molecule has 1 aromatic heterocycles. The lowest BCUT2D eigenvalue weighted by Crippen LogP contribution is -2.38. The lowest BCUT2D eigenvalue weighted by molar-refractivity contribution is -0.0549. The molecule has 0 amide bonds. The number of aromatic amines is 1. The second kappa shape index (κ2) is 26.8. The second-order valence-corrected chi connectivity index (χ2v) is 18.4. The van der Waals surface area contributed by atoms with Gasteiger partial charge in [0.1, 0.15) is 18.3 Å². The van der Waals surface area contributed by atoms with E-state index >= 15 is 0 Å². The van der Waals surface area contributed by atoms with Crippen molar-refractivity contribution in [2.45, 2.75) is 143 Å². The predicted octanol–water partition coefficient (Wildman–Crippen LogP) is 6.06.